The summed E-state index contributed by atoms with van der Waals surface area (Å²) in [5.74, 6) is -0.00395. The second-order valence-electron chi connectivity index (χ2n) is 4.22. The smallest absolute Gasteiger partial charge is 0.247 e. The quantitative estimate of drug-likeness (QED) is 0.620. The van der Waals surface area contributed by atoms with Gasteiger partial charge in [0.25, 0.3) is 6.33 Å². The maximum atomic E-state index is 11.2. The van der Waals surface area contributed by atoms with Crippen molar-refractivity contribution in [2.24, 2.45) is 0 Å². The Balaban J connectivity index is 2.08. The zero-order valence-corrected chi connectivity index (χ0v) is 10.7. The molecule has 0 unspecified atom stereocenters. The van der Waals surface area contributed by atoms with E-state index in [2.05, 4.69) is 0 Å². The van der Waals surface area contributed by atoms with Gasteiger partial charge in [0, 0.05) is 13.0 Å². The minimum absolute atomic E-state index is 0.00395. The van der Waals surface area contributed by atoms with Crippen molar-refractivity contribution in [1.82, 2.24) is 4.57 Å². The highest BCUT2D eigenvalue weighted by atomic mass is 16.1. The Morgan fingerprint density at radius 2 is 2.16 bits per heavy atom. The lowest BCUT2D eigenvalue weighted by Gasteiger charge is -1.98. The molecule has 4 nitrogen and oxygen atoms in total. The number of benzene rings is 1. The van der Waals surface area contributed by atoms with Gasteiger partial charge in [-0.25, -0.2) is 9.36 Å². The minimum Gasteiger partial charge on any atom is -0.247 e. The van der Waals surface area contributed by atoms with Crippen molar-refractivity contribution in [3.63, 3.8) is 0 Å². The van der Waals surface area contributed by atoms with Crippen molar-refractivity contribution in [2.75, 3.05) is 0 Å². The summed E-state index contributed by atoms with van der Waals surface area (Å²) in [7, 11) is 0. The van der Waals surface area contributed by atoms with Crippen LogP contribution in [0.15, 0.2) is 49.1 Å². The Hall–Kier alpha value is -2.67. The van der Waals surface area contributed by atoms with Crippen molar-refractivity contribution >= 4 is 12.0 Å². The van der Waals surface area contributed by atoms with E-state index in [-0.39, 0.29) is 5.91 Å². The lowest BCUT2D eigenvalue weighted by Crippen LogP contribution is -2.31. The molecule has 1 aromatic heterocycles. The number of nitrogens with zero attached hydrogens (tertiary/aromatic N) is 3. The van der Waals surface area contributed by atoms with Crippen LogP contribution in [0.1, 0.15) is 22.8 Å². The molecule has 2 rings (SSSR count). The number of allylic oxidation sites excluding steroid dienone is 1. The second-order valence-corrected chi connectivity index (χ2v) is 4.22. The van der Waals surface area contributed by atoms with Crippen LogP contribution in [0.2, 0.25) is 0 Å². The van der Waals surface area contributed by atoms with E-state index in [1.54, 1.807) is 23.2 Å². The molecule has 0 aliphatic rings. The molecule has 0 saturated heterocycles. The van der Waals surface area contributed by atoms with E-state index in [0.717, 1.165) is 11.1 Å². The van der Waals surface area contributed by atoms with Gasteiger partial charge in [-0.15, -0.1) is 0 Å². The lowest BCUT2D eigenvalue weighted by atomic mass is 10.1. The maximum Gasteiger partial charge on any atom is 0.310 e. The molecule has 2 aromatic rings. The van der Waals surface area contributed by atoms with Gasteiger partial charge in [0.2, 0.25) is 0 Å². The predicted molar refractivity (Wildman–Crippen MR) is 71.1 cm³/mol. The first-order valence-corrected chi connectivity index (χ1v) is 5.92. The third-order valence-corrected chi connectivity index (χ3v) is 2.75. The molecule has 0 radical (unpaired) electrons. The molecule has 0 fully saturated rings. The van der Waals surface area contributed by atoms with Gasteiger partial charge in [0.1, 0.15) is 18.9 Å². The molecule has 19 heavy (non-hydrogen) atoms. The van der Waals surface area contributed by atoms with Crippen LogP contribution in [-0.2, 0) is 6.54 Å². The van der Waals surface area contributed by atoms with Crippen LogP contribution in [0.4, 0.5) is 0 Å². The largest absolute Gasteiger partial charge is 0.310 e. The molecule has 0 N–H and O–H groups in total. The number of hydrogen-bond acceptors (Lipinski definition) is 2. The van der Waals surface area contributed by atoms with Gasteiger partial charge >= 0.3 is 5.91 Å². The van der Waals surface area contributed by atoms with Crippen LogP contribution in [0.3, 0.4) is 0 Å². The van der Waals surface area contributed by atoms with Crippen LogP contribution < -0.4 is 4.57 Å². The normalized spacial score (nSPS) is 10.5. The van der Waals surface area contributed by atoms with Crippen molar-refractivity contribution in [2.45, 2.75) is 13.5 Å². The first-order valence-electron chi connectivity index (χ1n) is 5.92. The summed E-state index contributed by atoms with van der Waals surface area (Å²) in [6, 6.07) is 9.91. The minimum atomic E-state index is -0.00395. The SMILES string of the molecule is CC(=O)n1cc[n+](Cc2ccc(C=CC#N)cc2)c1. The fraction of sp³-hybridized carbons (Fsp3) is 0.133. The first kappa shape index (κ1) is 12.8. The summed E-state index contributed by atoms with van der Waals surface area (Å²) >= 11 is 0. The average Bonchev–Trinajstić information content (AvgIpc) is 2.87. The Morgan fingerprint density at radius 1 is 1.42 bits per heavy atom. The molecule has 4 heteroatoms. The molecule has 0 aliphatic heterocycles. The molecule has 1 heterocycles. The first-order chi connectivity index (χ1) is 9.19. The summed E-state index contributed by atoms with van der Waals surface area (Å²) < 4.78 is 3.49. The molecule has 0 bridgehead atoms. The monoisotopic (exact) mass is 252 g/mol. The summed E-state index contributed by atoms with van der Waals surface area (Å²) in [5, 5.41) is 8.45. The van der Waals surface area contributed by atoms with Gasteiger partial charge < -0.3 is 0 Å². The second kappa shape index (κ2) is 5.78. The van der Waals surface area contributed by atoms with Gasteiger partial charge in [0.15, 0.2) is 0 Å². The lowest BCUT2D eigenvalue weighted by molar-refractivity contribution is -0.687. The van der Waals surface area contributed by atoms with Crippen molar-refractivity contribution < 1.29 is 9.36 Å². The van der Waals surface area contributed by atoms with E-state index in [9.17, 15) is 4.79 Å². The highest BCUT2D eigenvalue weighted by Gasteiger charge is 2.07. The van der Waals surface area contributed by atoms with Gasteiger partial charge in [-0.3, -0.25) is 0 Å². The standard InChI is InChI=1S/C15H14N3O/c1-13(19)18-10-9-17(12-18)11-15-6-4-14(5-7-15)3-2-8-16/h2-7,9-10,12H,11H2,1H3/q+1. The molecule has 1 aromatic carbocycles. The van der Waals surface area contributed by atoms with Crippen molar-refractivity contribution in [3.05, 3.63) is 60.2 Å². The van der Waals surface area contributed by atoms with E-state index in [0.29, 0.717) is 6.54 Å². The molecule has 0 amide bonds. The van der Waals surface area contributed by atoms with E-state index in [1.807, 2.05) is 41.1 Å². The van der Waals surface area contributed by atoms with Crippen LogP contribution in [0.25, 0.3) is 6.08 Å². The number of imidazole rings is 1. The number of rotatable bonds is 3. The third-order valence-electron chi connectivity index (χ3n) is 2.75. The fourth-order valence-electron chi connectivity index (χ4n) is 1.75. The fourth-order valence-corrected chi connectivity index (χ4v) is 1.75. The van der Waals surface area contributed by atoms with Gasteiger partial charge in [-0.05, 0) is 17.2 Å². The summed E-state index contributed by atoms with van der Waals surface area (Å²) in [6.45, 7) is 2.24. The Morgan fingerprint density at radius 3 is 2.74 bits per heavy atom. The van der Waals surface area contributed by atoms with Gasteiger partial charge in [-0.2, -0.15) is 9.83 Å². The highest BCUT2D eigenvalue weighted by Crippen LogP contribution is 2.06. The number of carbonyl (C=O) groups excluding carboxylic acids is 1. The van der Waals surface area contributed by atoms with Crippen LogP contribution in [-0.4, -0.2) is 10.5 Å². The predicted octanol–water partition coefficient (Wildman–Crippen LogP) is 2.02. The summed E-state index contributed by atoms with van der Waals surface area (Å²) in [4.78, 5) is 11.2. The van der Waals surface area contributed by atoms with Gasteiger partial charge in [-0.1, -0.05) is 24.3 Å². The average molecular weight is 252 g/mol. The summed E-state index contributed by atoms with van der Waals surface area (Å²) in [5.41, 5.74) is 2.14. The number of carbonyl (C=O) groups is 1. The molecule has 0 aliphatic carbocycles. The molecule has 0 atom stereocenters. The van der Waals surface area contributed by atoms with Crippen LogP contribution >= 0.6 is 0 Å². The molecular formula is C15H14N3O+. The summed E-state index contributed by atoms with van der Waals surface area (Å²) in [6.07, 6.45) is 8.60. The van der Waals surface area contributed by atoms with Gasteiger partial charge in [0.05, 0.1) is 6.07 Å². The van der Waals surface area contributed by atoms with E-state index >= 15 is 0 Å². The van der Waals surface area contributed by atoms with Crippen LogP contribution in [0.5, 0.6) is 0 Å². The molecular weight excluding hydrogens is 238 g/mol. The van der Waals surface area contributed by atoms with Crippen molar-refractivity contribution in [3.8, 4) is 6.07 Å². The molecule has 94 valence electrons. The molecule has 0 spiro atoms. The number of nitriles is 1. The Bertz CT molecular complexity index is 645. The van der Waals surface area contributed by atoms with Crippen LogP contribution in [0, 0.1) is 11.3 Å². The molecule has 0 saturated carbocycles. The van der Waals surface area contributed by atoms with E-state index in [1.165, 1.54) is 13.0 Å². The Kier molecular flexibility index (Phi) is 3.89. The van der Waals surface area contributed by atoms with E-state index < -0.39 is 0 Å². The topological polar surface area (TPSA) is 49.7 Å². The zero-order valence-electron chi connectivity index (χ0n) is 10.7. The van der Waals surface area contributed by atoms with E-state index in [4.69, 9.17) is 5.26 Å². The third kappa shape index (κ3) is 3.39. The van der Waals surface area contributed by atoms with Crippen molar-refractivity contribution in [1.29, 1.82) is 5.26 Å². The Labute approximate surface area is 111 Å². The number of aromatic nitrogens is 2. The maximum absolute atomic E-state index is 11.2. The highest BCUT2D eigenvalue weighted by molar-refractivity contribution is 5.75. The number of hydrogen-bond donors (Lipinski definition) is 0. The zero-order chi connectivity index (χ0) is 13.7.